The van der Waals surface area contributed by atoms with Crippen molar-refractivity contribution < 1.29 is 158 Å². The van der Waals surface area contributed by atoms with Crippen LogP contribution < -0.4 is 0 Å². The summed E-state index contributed by atoms with van der Waals surface area (Å²) < 4.78 is 115. The summed E-state index contributed by atoms with van der Waals surface area (Å²) in [6.45, 7) is 2.85. The number of ether oxygens (including phenoxy) is 19. The van der Waals surface area contributed by atoms with E-state index in [1.54, 1.807) is 42.5 Å². The van der Waals surface area contributed by atoms with E-state index in [0.717, 1.165) is 48.5 Å². The second-order valence-electron chi connectivity index (χ2n) is 24.1. The van der Waals surface area contributed by atoms with Gasteiger partial charge < -0.3 is 100 Å². The molecule has 4 fully saturated rings. The molecular formula is C73H76O33. The maximum atomic E-state index is 14.7. The van der Waals surface area contributed by atoms with E-state index in [0.29, 0.717) is 0 Å². The predicted molar refractivity (Wildman–Crippen MR) is 349 cm³/mol. The van der Waals surface area contributed by atoms with Crippen LogP contribution in [0.2, 0.25) is 0 Å². The van der Waals surface area contributed by atoms with Gasteiger partial charge in [-0.25, -0.2) is 24.0 Å². The molecule has 0 aromatic heterocycles. The fourth-order valence-corrected chi connectivity index (χ4v) is 11.7. The van der Waals surface area contributed by atoms with Crippen molar-refractivity contribution in [2.75, 3.05) is 26.4 Å². The van der Waals surface area contributed by atoms with Crippen molar-refractivity contribution in [2.45, 2.75) is 171 Å². The van der Waals surface area contributed by atoms with Gasteiger partial charge in [-0.2, -0.15) is 0 Å². The van der Waals surface area contributed by atoms with Gasteiger partial charge in [-0.05, 0) is 60.7 Å². The van der Waals surface area contributed by atoms with Gasteiger partial charge in [0, 0.05) is 48.5 Å². The van der Waals surface area contributed by atoms with E-state index in [1.807, 2.05) is 0 Å². The number of aliphatic hydroxyl groups is 2. The van der Waals surface area contributed by atoms with Gasteiger partial charge in [0.15, 0.2) is 80.1 Å². The normalized spacial score (nSPS) is 28.2. The van der Waals surface area contributed by atoms with Crippen LogP contribution in [0.25, 0.3) is 0 Å². The first-order valence-corrected chi connectivity index (χ1v) is 33.0. The molecular weight excluding hydrogens is 1400 g/mol. The number of carbonyl (C=O) groups excluding carboxylic acids is 12. The molecule has 5 aromatic rings. The highest BCUT2D eigenvalue weighted by Gasteiger charge is 2.61. The first kappa shape index (κ1) is 79.5. The number of aliphatic hydroxyl groups excluding tert-OH is 2. The summed E-state index contributed by atoms with van der Waals surface area (Å²) in [4.78, 5) is 163. The Kier molecular flexibility index (Phi) is 28.0. The largest absolute Gasteiger partial charge is 0.463 e. The van der Waals surface area contributed by atoms with Crippen molar-refractivity contribution >= 4 is 71.6 Å². The zero-order valence-electron chi connectivity index (χ0n) is 57.9. The predicted octanol–water partition coefficient (Wildman–Crippen LogP) is 3.57. The van der Waals surface area contributed by atoms with Crippen LogP contribution >= 0.6 is 0 Å². The first-order chi connectivity index (χ1) is 50.7. The highest BCUT2D eigenvalue weighted by Crippen LogP contribution is 2.40. The maximum Gasteiger partial charge on any atom is 0.338 e. The topological polar surface area (TPSA) is 421 Å². The van der Waals surface area contributed by atoms with Crippen molar-refractivity contribution in [1.82, 2.24) is 0 Å². The third kappa shape index (κ3) is 21.3. The molecule has 33 heteroatoms. The SMILES string of the molecule is CC(=O)OCC1OC(O)C(OC(C)=O)C(OC2OC(COC3OC(COC(=O)c4ccccc4)C(OC(=O)c4ccccc4)C(OC(=O)c4ccccc4)C3OC(=O)c3ccccc3)[C@@H](OC(C)=O)C(OC3OC(COC(=O)c4ccccc4)C(OC(C)=O)C(O)C3OC(C)=O)C2OC(C)=O)C1OC(C)=O. The van der Waals surface area contributed by atoms with Gasteiger partial charge >= 0.3 is 71.6 Å². The molecule has 0 bridgehead atoms. The number of benzene rings is 5. The second kappa shape index (κ2) is 37.4. The molecule has 4 aliphatic rings. The van der Waals surface area contributed by atoms with E-state index in [1.165, 1.54) is 109 Å². The number of rotatable bonds is 27. The van der Waals surface area contributed by atoms with Crippen LogP contribution in [0.3, 0.4) is 0 Å². The van der Waals surface area contributed by atoms with Crippen LogP contribution in [0.1, 0.15) is 100 Å². The second-order valence-corrected chi connectivity index (χ2v) is 24.1. The van der Waals surface area contributed by atoms with Gasteiger partial charge in [0.05, 0.1) is 34.4 Å². The van der Waals surface area contributed by atoms with Gasteiger partial charge in [-0.3, -0.25) is 33.6 Å². The van der Waals surface area contributed by atoms with E-state index in [-0.39, 0.29) is 27.8 Å². The van der Waals surface area contributed by atoms with Crippen molar-refractivity contribution in [3.63, 3.8) is 0 Å². The lowest BCUT2D eigenvalue weighted by atomic mass is 9.95. The number of carbonyl (C=O) groups is 12. The summed E-state index contributed by atoms with van der Waals surface area (Å²) >= 11 is 0. The van der Waals surface area contributed by atoms with Crippen LogP contribution in [0.15, 0.2) is 152 Å². The van der Waals surface area contributed by atoms with Crippen LogP contribution in [-0.2, 0) is 124 Å². The van der Waals surface area contributed by atoms with E-state index in [9.17, 15) is 67.7 Å². The molecule has 20 atom stereocenters. The Morgan fingerprint density at radius 3 is 0.972 bits per heavy atom. The third-order valence-corrected chi connectivity index (χ3v) is 16.2. The monoisotopic (exact) mass is 1480 g/mol. The third-order valence-electron chi connectivity index (χ3n) is 16.2. The molecule has 4 heterocycles. The molecule has 0 saturated carbocycles. The first-order valence-electron chi connectivity index (χ1n) is 33.0. The Labute approximate surface area is 604 Å². The summed E-state index contributed by atoms with van der Waals surface area (Å²) in [6, 6.07) is 37.1. The molecule has 9 rings (SSSR count). The Morgan fingerprint density at radius 1 is 0.274 bits per heavy atom. The summed E-state index contributed by atoms with van der Waals surface area (Å²) in [5, 5.41) is 24.0. The fourth-order valence-electron chi connectivity index (χ4n) is 11.7. The lowest BCUT2D eigenvalue weighted by molar-refractivity contribution is -0.384. The van der Waals surface area contributed by atoms with E-state index >= 15 is 0 Å². The lowest BCUT2D eigenvalue weighted by Gasteiger charge is -2.50. The van der Waals surface area contributed by atoms with Gasteiger partial charge in [0.25, 0.3) is 0 Å². The van der Waals surface area contributed by atoms with Crippen LogP contribution in [0.5, 0.6) is 0 Å². The van der Waals surface area contributed by atoms with Crippen molar-refractivity contribution in [1.29, 1.82) is 0 Å². The van der Waals surface area contributed by atoms with Crippen LogP contribution in [0, 0.1) is 0 Å². The van der Waals surface area contributed by atoms with E-state index < -0.39 is 221 Å². The van der Waals surface area contributed by atoms with Crippen LogP contribution in [-0.4, -0.2) is 231 Å². The quantitative estimate of drug-likeness (QED) is 0.0560. The summed E-state index contributed by atoms with van der Waals surface area (Å²) in [5.74, 6) is -12.8. The van der Waals surface area contributed by atoms with Crippen molar-refractivity contribution in [3.8, 4) is 0 Å². The molecule has 4 aliphatic heterocycles. The summed E-state index contributed by atoms with van der Waals surface area (Å²) in [7, 11) is 0. The summed E-state index contributed by atoms with van der Waals surface area (Å²) in [5.41, 5.74) is -0.192. The smallest absolute Gasteiger partial charge is 0.338 e. The van der Waals surface area contributed by atoms with Gasteiger partial charge in [0.1, 0.15) is 62.5 Å². The average molecular weight is 1480 g/mol. The Bertz CT molecular complexity index is 3860. The molecule has 5 aromatic carbocycles. The summed E-state index contributed by atoms with van der Waals surface area (Å²) in [6.07, 6.45) is -41.5. The molecule has 0 amide bonds. The highest BCUT2D eigenvalue weighted by molar-refractivity contribution is 5.92. The Hall–Kier alpha value is -10.6. The van der Waals surface area contributed by atoms with Gasteiger partial charge in [-0.1, -0.05) is 91.0 Å². The molecule has 106 heavy (non-hydrogen) atoms. The van der Waals surface area contributed by atoms with E-state index in [2.05, 4.69) is 0 Å². The molecule has 0 aliphatic carbocycles. The van der Waals surface area contributed by atoms with Crippen LogP contribution in [0.4, 0.5) is 0 Å². The molecule has 566 valence electrons. The molecule has 4 saturated heterocycles. The van der Waals surface area contributed by atoms with Gasteiger partial charge in [0.2, 0.25) is 0 Å². The molecule has 0 radical (unpaired) electrons. The minimum atomic E-state index is -2.38. The minimum Gasteiger partial charge on any atom is -0.463 e. The van der Waals surface area contributed by atoms with Gasteiger partial charge in [-0.15, -0.1) is 0 Å². The number of hydrogen-bond donors (Lipinski definition) is 2. The lowest BCUT2D eigenvalue weighted by Crippen LogP contribution is -2.69. The molecule has 33 nitrogen and oxygen atoms in total. The minimum absolute atomic E-state index is 0.0291. The standard InChI is InChI=1S/C73H76O33/c1-37(74)88-33-50-55(93-39(3)76)59(62(70(87)98-50)96-42(6)79)105-73-64(97-43(7)80)61(106-72-58(95-41(5)78)53(81)54(92-38(2)75)49(100-72)34-89-65(82)44-23-13-8-14-24-44)56(94-40(4)77)52(101-73)36-91-71-63(104-69(86)48-31-21-12-22-32-48)60(103-68(85)47-29-19-11-20-30-47)57(102-67(84)46-27-17-10-18-28-46)51(99-71)35-90-66(83)45-25-15-9-16-26-45/h8-32,49-64,70-73,81,87H,33-36H2,1-7H3/t49?,50?,51?,52?,53?,54?,55?,56-,57?,58?,59?,60?,61?,62?,63?,64?,70?,71?,72?,73?/m1/s1. The number of esters is 12. The van der Waals surface area contributed by atoms with Crippen molar-refractivity contribution in [2.24, 2.45) is 0 Å². The fraction of sp³-hybridized carbons (Fsp3) is 0.425. The Balaban J connectivity index is 1.21. The van der Waals surface area contributed by atoms with Crippen molar-refractivity contribution in [3.05, 3.63) is 179 Å². The molecule has 19 unspecified atom stereocenters. The van der Waals surface area contributed by atoms with E-state index in [4.69, 9.17) is 90.0 Å². The number of hydrogen-bond acceptors (Lipinski definition) is 33. The maximum absolute atomic E-state index is 14.7. The zero-order valence-corrected chi connectivity index (χ0v) is 57.9. The molecule has 2 N–H and O–H groups in total. The average Bonchev–Trinajstić information content (AvgIpc) is 0.764. The highest BCUT2D eigenvalue weighted by atomic mass is 16.8. The molecule has 0 spiro atoms. The zero-order chi connectivity index (χ0) is 76.3. The Morgan fingerprint density at radius 2 is 0.557 bits per heavy atom.